The van der Waals surface area contributed by atoms with Gasteiger partial charge in [0.25, 0.3) is 0 Å². The van der Waals surface area contributed by atoms with E-state index >= 15 is 0 Å². The maximum atomic E-state index is 11.6. The Balaban J connectivity index is 2.25. The summed E-state index contributed by atoms with van der Waals surface area (Å²) in [5.74, 6) is 0.344. The lowest BCUT2D eigenvalue weighted by Gasteiger charge is -2.14. The Bertz CT molecular complexity index is 388. The molecule has 106 valence electrons. The van der Waals surface area contributed by atoms with Crippen molar-refractivity contribution in [2.24, 2.45) is 5.73 Å². The largest absolute Gasteiger partial charge is 0.508 e. The first-order valence-corrected chi connectivity index (χ1v) is 6.80. The van der Waals surface area contributed by atoms with E-state index < -0.39 is 0 Å². The van der Waals surface area contributed by atoms with Crippen molar-refractivity contribution in [3.63, 3.8) is 0 Å². The molecule has 0 spiro atoms. The molecule has 0 saturated carbocycles. The highest BCUT2D eigenvalue weighted by atomic mass is 16.3. The second-order valence-electron chi connectivity index (χ2n) is 5.19. The maximum Gasteiger partial charge on any atom is 0.220 e. The fourth-order valence-corrected chi connectivity index (χ4v) is 1.82. The molecule has 0 aromatic heterocycles. The van der Waals surface area contributed by atoms with Crippen LogP contribution in [-0.2, 0) is 11.2 Å². The third kappa shape index (κ3) is 6.82. The molecule has 2 atom stereocenters. The van der Waals surface area contributed by atoms with Crippen molar-refractivity contribution in [3.8, 4) is 5.75 Å². The van der Waals surface area contributed by atoms with Gasteiger partial charge in [-0.3, -0.25) is 4.79 Å². The summed E-state index contributed by atoms with van der Waals surface area (Å²) in [5.41, 5.74) is 6.78. The zero-order valence-electron chi connectivity index (χ0n) is 11.7. The number of carbonyl (C=O) groups excluding carboxylic acids is 1. The van der Waals surface area contributed by atoms with Gasteiger partial charge in [0.2, 0.25) is 5.91 Å². The van der Waals surface area contributed by atoms with Crippen LogP contribution in [-0.4, -0.2) is 23.1 Å². The van der Waals surface area contributed by atoms with Crippen molar-refractivity contribution in [3.05, 3.63) is 29.8 Å². The van der Waals surface area contributed by atoms with E-state index in [1.807, 2.05) is 26.0 Å². The highest BCUT2D eigenvalue weighted by Crippen LogP contribution is 2.12. The van der Waals surface area contributed by atoms with Crippen LogP contribution in [0.5, 0.6) is 5.75 Å². The van der Waals surface area contributed by atoms with Crippen LogP contribution in [0.3, 0.4) is 0 Å². The summed E-state index contributed by atoms with van der Waals surface area (Å²) in [5, 5.41) is 12.2. The Hall–Kier alpha value is -1.55. The number of rotatable bonds is 7. The molecule has 0 aliphatic heterocycles. The van der Waals surface area contributed by atoms with Crippen molar-refractivity contribution in [2.45, 2.75) is 51.6 Å². The zero-order chi connectivity index (χ0) is 14.3. The molecule has 4 N–H and O–H groups in total. The molecule has 1 amide bonds. The van der Waals surface area contributed by atoms with E-state index in [0.29, 0.717) is 6.42 Å². The Kier molecular flexibility index (Phi) is 6.36. The lowest BCUT2D eigenvalue weighted by Crippen LogP contribution is -2.33. The Morgan fingerprint density at radius 2 is 1.89 bits per heavy atom. The van der Waals surface area contributed by atoms with Crippen molar-refractivity contribution < 1.29 is 9.90 Å². The first-order chi connectivity index (χ1) is 8.97. The van der Waals surface area contributed by atoms with E-state index in [9.17, 15) is 9.90 Å². The van der Waals surface area contributed by atoms with E-state index in [4.69, 9.17) is 5.73 Å². The topological polar surface area (TPSA) is 75.4 Å². The molecule has 4 heteroatoms. The smallest absolute Gasteiger partial charge is 0.220 e. The number of hydrogen-bond donors (Lipinski definition) is 3. The Labute approximate surface area is 115 Å². The second-order valence-corrected chi connectivity index (χ2v) is 5.19. The molecule has 0 aliphatic carbocycles. The van der Waals surface area contributed by atoms with E-state index in [1.54, 1.807) is 12.1 Å². The molecule has 0 saturated heterocycles. The fraction of sp³-hybridized carbons (Fsp3) is 0.533. The molecule has 1 rings (SSSR count). The van der Waals surface area contributed by atoms with Crippen LogP contribution in [0.1, 0.15) is 38.7 Å². The van der Waals surface area contributed by atoms with Crippen LogP contribution < -0.4 is 11.1 Å². The molecule has 0 bridgehead atoms. The van der Waals surface area contributed by atoms with Gasteiger partial charge in [-0.2, -0.15) is 0 Å². The molecular formula is C15H24N2O2. The summed E-state index contributed by atoms with van der Waals surface area (Å²) < 4.78 is 0. The van der Waals surface area contributed by atoms with Crippen molar-refractivity contribution in [1.29, 1.82) is 0 Å². The molecule has 1 aromatic carbocycles. The van der Waals surface area contributed by atoms with Crippen LogP contribution in [0.2, 0.25) is 0 Å². The van der Waals surface area contributed by atoms with E-state index in [1.165, 1.54) is 0 Å². The number of benzene rings is 1. The van der Waals surface area contributed by atoms with Crippen LogP contribution in [0, 0.1) is 0 Å². The first-order valence-electron chi connectivity index (χ1n) is 6.80. The van der Waals surface area contributed by atoms with Gasteiger partial charge in [0, 0.05) is 18.5 Å². The van der Waals surface area contributed by atoms with Gasteiger partial charge >= 0.3 is 0 Å². The molecule has 19 heavy (non-hydrogen) atoms. The van der Waals surface area contributed by atoms with Crippen LogP contribution >= 0.6 is 0 Å². The van der Waals surface area contributed by atoms with Gasteiger partial charge in [-0.05, 0) is 50.8 Å². The summed E-state index contributed by atoms with van der Waals surface area (Å²) in [4.78, 5) is 11.6. The standard InChI is InChI=1S/C15H24N2O2/c1-11(16)3-10-15(19)17-12(2)4-5-13-6-8-14(18)9-7-13/h6-9,11-12,18H,3-5,10,16H2,1-2H3,(H,17,19). The van der Waals surface area contributed by atoms with E-state index in [2.05, 4.69) is 5.32 Å². The SMILES string of the molecule is CC(N)CCC(=O)NC(C)CCc1ccc(O)cc1. The van der Waals surface area contributed by atoms with Gasteiger partial charge in [-0.1, -0.05) is 12.1 Å². The number of nitrogens with two attached hydrogens (primary N) is 1. The van der Waals surface area contributed by atoms with Gasteiger partial charge in [-0.15, -0.1) is 0 Å². The summed E-state index contributed by atoms with van der Waals surface area (Å²) in [6.45, 7) is 3.91. The molecule has 1 aromatic rings. The number of aromatic hydroxyl groups is 1. The number of hydrogen-bond acceptors (Lipinski definition) is 3. The zero-order valence-corrected chi connectivity index (χ0v) is 11.7. The molecule has 0 aliphatic rings. The molecule has 0 fully saturated rings. The monoisotopic (exact) mass is 264 g/mol. The van der Waals surface area contributed by atoms with E-state index in [-0.39, 0.29) is 23.7 Å². The normalized spacial score (nSPS) is 13.8. The minimum absolute atomic E-state index is 0.0653. The predicted octanol–water partition coefficient (Wildman–Crippen LogP) is 1.96. The number of carbonyl (C=O) groups is 1. The van der Waals surface area contributed by atoms with Gasteiger partial charge in [0.15, 0.2) is 0 Å². The van der Waals surface area contributed by atoms with Crippen LogP contribution in [0.15, 0.2) is 24.3 Å². The fourth-order valence-electron chi connectivity index (χ4n) is 1.82. The Morgan fingerprint density at radius 1 is 1.26 bits per heavy atom. The number of phenolic OH excluding ortho intramolecular Hbond substituents is 1. The lowest BCUT2D eigenvalue weighted by molar-refractivity contribution is -0.121. The predicted molar refractivity (Wildman–Crippen MR) is 76.9 cm³/mol. The average molecular weight is 264 g/mol. The Morgan fingerprint density at radius 3 is 2.47 bits per heavy atom. The second kappa shape index (κ2) is 7.79. The molecule has 2 unspecified atom stereocenters. The molecule has 0 heterocycles. The molecule has 4 nitrogen and oxygen atoms in total. The lowest BCUT2D eigenvalue weighted by atomic mass is 10.1. The van der Waals surface area contributed by atoms with Crippen LogP contribution in [0.4, 0.5) is 0 Å². The van der Waals surface area contributed by atoms with Crippen molar-refractivity contribution in [1.82, 2.24) is 5.32 Å². The van der Waals surface area contributed by atoms with Crippen molar-refractivity contribution in [2.75, 3.05) is 0 Å². The summed E-state index contributed by atoms with van der Waals surface area (Å²) in [6, 6.07) is 7.38. The molecular weight excluding hydrogens is 240 g/mol. The third-order valence-electron chi connectivity index (χ3n) is 3.04. The highest BCUT2D eigenvalue weighted by Gasteiger charge is 2.08. The highest BCUT2D eigenvalue weighted by molar-refractivity contribution is 5.76. The first kappa shape index (κ1) is 15.5. The summed E-state index contributed by atoms with van der Waals surface area (Å²) in [6.07, 6.45) is 2.97. The third-order valence-corrected chi connectivity index (χ3v) is 3.04. The van der Waals surface area contributed by atoms with E-state index in [0.717, 1.165) is 24.8 Å². The average Bonchev–Trinajstić information content (AvgIpc) is 2.36. The van der Waals surface area contributed by atoms with Gasteiger partial charge in [0.1, 0.15) is 5.75 Å². The minimum Gasteiger partial charge on any atom is -0.508 e. The van der Waals surface area contributed by atoms with Crippen LogP contribution in [0.25, 0.3) is 0 Å². The number of phenols is 1. The van der Waals surface area contributed by atoms with Gasteiger partial charge in [0.05, 0.1) is 0 Å². The summed E-state index contributed by atoms with van der Waals surface area (Å²) in [7, 11) is 0. The van der Waals surface area contributed by atoms with Crippen molar-refractivity contribution >= 4 is 5.91 Å². The number of amides is 1. The number of nitrogens with one attached hydrogen (secondary N) is 1. The summed E-state index contributed by atoms with van der Waals surface area (Å²) >= 11 is 0. The van der Waals surface area contributed by atoms with Gasteiger partial charge < -0.3 is 16.2 Å². The maximum absolute atomic E-state index is 11.6. The number of aryl methyl sites for hydroxylation is 1. The van der Waals surface area contributed by atoms with Gasteiger partial charge in [-0.25, -0.2) is 0 Å². The minimum atomic E-state index is 0.0653. The molecule has 0 radical (unpaired) electrons. The quantitative estimate of drug-likeness (QED) is 0.704.